The summed E-state index contributed by atoms with van der Waals surface area (Å²) in [6.45, 7) is 7.49. The van der Waals surface area contributed by atoms with Gasteiger partial charge < -0.3 is 5.32 Å². The zero-order valence-corrected chi connectivity index (χ0v) is 14.5. The van der Waals surface area contributed by atoms with Gasteiger partial charge in [-0.3, -0.25) is 0 Å². The molecule has 0 saturated carbocycles. The van der Waals surface area contributed by atoms with Gasteiger partial charge in [0.05, 0.1) is 15.9 Å². The molecule has 5 heteroatoms. The number of rotatable bonds is 9. The summed E-state index contributed by atoms with van der Waals surface area (Å²) in [5, 5.41) is 3.38. The second-order valence-electron chi connectivity index (χ2n) is 4.48. The maximum Gasteiger partial charge on any atom is 0.144 e. The highest BCUT2D eigenvalue weighted by molar-refractivity contribution is 9.10. The smallest absolute Gasteiger partial charge is 0.144 e. The first-order valence-electron chi connectivity index (χ1n) is 7.09. The largest absolute Gasteiger partial charge is 0.369 e. The Morgan fingerprint density at radius 3 is 2.53 bits per heavy atom. The molecule has 1 heterocycles. The summed E-state index contributed by atoms with van der Waals surface area (Å²) in [6.07, 6.45) is 4.39. The molecular weight excluding hydrogens is 322 g/mol. The van der Waals surface area contributed by atoms with Crippen LogP contribution >= 0.6 is 27.7 Å². The monoisotopic (exact) mass is 345 g/mol. The van der Waals surface area contributed by atoms with E-state index < -0.39 is 0 Å². The van der Waals surface area contributed by atoms with Crippen LogP contribution in [0.4, 0.5) is 5.82 Å². The highest BCUT2D eigenvalue weighted by Crippen LogP contribution is 2.26. The van der Waals surface area contributed by atoms with E-state index in [0.29, 0.717) is 0 Å². The minimum absolute atomic E-state index is 0.901. The summed E-state index contributed by atoms with van der Waals surface area (Å²) >= 11 is 5.54. The number of halogens is 1. The number of thioether (sulfide) groups is 1. The lowest BCUT2D eigenvalue weighted by Crippen LogP contribution is -2.09. The molecule has 19 heavy (non-hydrogen) atoms. The molecule has 0 fully saturated rings. The highest BCUT2D eigenvalue weighted by atomic mass is 79.9. The average Bonchev–Trinajstić information content (AvgIpc) is 2.41. The average molecular weight is 346 g/mol. The van der Waals surface area contributed by atoms with Crippen molar-refractivity contribution in [2.75, 3.05) is 17.6 Å². The fourth-order valence-electron chi connectivity index (χ4n) is 1.68. The van der Waals surface area contributed by atoms with Crippen LogP contribution in [0.1, 0.15) is 51.6 Å². The third-order valence-electron chi connectivity index (χ3n) is 2.58. The van der Waals surface area contributed by atoms with Gasteiger partial charge in [-0.1, -0.05) is 27.2 Å². The van der Waals surface area contributed by atoms with Crippen molar-refractivity contribution in [3.63, 3.8) is 0 Å². The Morgan fingerprint density at radius 2 is 1.89 bits per heavy atom. The normalized spacial score (nSPS) is 10.7. The van der Waals surface area contributed by atoms with Gasteiger partial charge in [-0.2, -0.15) is 11.8 Å². The van der Waals surface area contributed by atoms with Crippen molar-refractivity contribution in [1.82, 2.24) is 9.97 Å². The van der Waals surface area contributed by atoms with Crippen molar-refractivity contribution >= 4 is 33.5 Å². The molecule has 1 rings (SSSR count). The Kier molecular flexibility index (Phi) is 8.46. The molecule has 0 radical (unpaired) electrons. The van der Waals surface area contributed by atoms with Crippen LogP contribution < -0.4 is 5.32 Å². The SMILES string of the molecule is CCCNc1nc(CSCCC)nc(CCC)c1Br. The maximum atomic E-state index is 4.68. The van der Waals surface area contributed by atoms with Crippen LogP contribution in [-0.2, 0) is 12.2 Å². The Hall–Kier alpha value is -0.290. The van der Waals surface area contributed by atoms with Crippen LogP contribution in [0.5, 0.6) is 0 Å². The number of nitrogens with zero attached hydrogens (tertiary/aromatic N) is 2. The predicted molar refractivity (Wildman–Crippen MR) is 89.0 cm³/mol. The summed E-state index contributed by atoms with van der Waals surface area (Å²) in [5.74, 6) is 3.97. The summed E-state index contributed by atoms with van der Waals surface area (Å²) in [7, 11) is 0. The number of hydrogen-bond donors (Lipinski definition) is 1. The van der Waals surface area contributed by atoms with E-state index in [1.165, 1.54) is 12.2 Å². The zero-order chi connectivity index (χ0) is 14.1. The third kappa shape index (κ3) is 5.69. The lowest BCUT2D eigenvalue weighted by molar-refractivity contribution is 0.842. The molecule has 3 nitrogen and oxygen atoms in total. The van der Waals surface area contributed by atoms with E-state index in [-0.39, 0.29) is 0 Å². The molecule has 1 aromatic heterocycles. The molecule has 0 bridgehead atoms. The van der Waals surface area contributed by atoms with Crippen LogP contribution in [0, 0.1) is 0 Å². The van der Waals surface area contributed by atoms with Crippen molar-refractivity contribution in [3.8, 4) is 0 Å². The molecular formula is C14H24BrN3S. The van der Waals surface area contributed by atoms with Crippen molar-refractivity contribution < 1.29 is 0 Å². The number of nitrogens with one attached hydrogen (secondary N) is 1. The number of aromatic nitrogens is 2. The molecule has 0 aliphatic carbocycles. The zero-order valence-electron chi connectivity index (χ0n) is 12.1. The Bertz CT molecular complexity index is 385. The minimum atomic E-state index is 0.901. The summed E-state index contributed by atoms with van der Waals surface area (Å²) < 4.78 is 1.03. The lowest BCUT2D eigenvalue weighted by Gasteiger charge is -2.12. The molecule has 0 spiro atoms. The van der Waals surface area contributed by atoms with E-state index in [1.54, 1.807) is 0 Å². The van der Waals surface area contributed by atoms with Crippen molar-refractivity contribution in [1.29, 1.82) is 0 Å². The van der Waals surface area contributed by atoms with Crippen molar-refractivity contribution in [3.05, 3.63) is 16.0 Å². The molecule has 1 aromatic rings. The second kappa shape index (κ2) is 9.59. The molecule has 1 N–H and O–H groups in total. The number of hydrogen-bond acceptors (Lipinski definition) is 4. The Labute approximate surface area is 129 Å². The quantitative estimate of drug-likeness (QED) is 0.660. The van der Waals surface area contributed by atoms with Gasteiger partial charge in [0.2, 0.25) is 0 Å². The van der Waals surface area contributed by atoms with E-state index in [2.05, 4.69) is 52.0 Å². The van der Waals surface area contributed by atoms with Gasteiger partial charge in [-0.25, -0.2) is 9.97 Å². The molecule has 0 aromatic carbocycles. The summed E-state index contributed by atoms with van der Waals surface area (Å²) in [6, 6.07) is 0. The van der Waals surface area contributed by atoms with E-state index in [1.807, 2.05) is 11.8 Å². The molecule has 0 aliphatic rings. The van der Waals surface area contributed by atoms with Crippen LogP contribution in [0.3, 0.4) is 0 Å². The van der Waals surface area contributed by atoms with Crippen LogP contribution in [0.2, 0.25) is 0 Å². The van der Waals surface area contributed by atoms with Gasteiger partial charge in [0.25, 0.3) is 0 Å². The van der Waals surface area contributed by atoms with E-state index >= 15 is 0 Å². The van der Waals surface area contributed by atoms with Crippen LogP contribution in [0.25, 0.3) is 0 Å². The van der Waals surface area contributed by atoms with Gasteiger partial charge in [0.15, 0.2) is 0 Å². The van der Waals surface area contributed by atoms with E-state index in [9.17, 15) is 0 Å². The molecule has 108 valence electrons. The molecule has 0 atom stereocenters. The fourth-order valence-corrected chi connectivity index (χ4v) is 2.94. The van der Waals surface area contributed by atoms with Crippen LogP contribution in [0.15, 0.2) is 4.47 Å². The molecule has 0 saturated heterocycles. The first-order chi connectivity index (χ1) is 9.22. The maximum absolute atomic E-state index is 4.68. The number of anilines is 1. The van der Waals surface area contributed by atoms with Gasteiger partial charge in [-0.15, -0.1) is 0 Å². The minimum Gasteiger partial charge on any atom is -0.369 e. The first-order valence-corrected chi connectivity index (χ1v) is 9.04. The standard InChI is InChI=1S/C14H24BrN3S/c1-4-7-11-13(15)14(16-8-5-2)18-12(17-11)10-19-9-6-3/h4-10H2,1-3H3,(H,16,17,18). The molecule has 0 aliphatic heterocycles. The highest BCUT2D eigenvalue weighted by Gasteiger charge is 2.11. The summed E-state index contributed by atoms with van der Waals surface area (Å²) in [5.41, 5.74) is 1.13. The van der Waals surface area contributed by atoms with Gasteiger partial charge in [0.1, 0.15) is 11.6 Å². The van der Waals surface area contributed by atoms with Gasteiger partial charge in [-0.05, 0) is 40.9 Å². The third-order valence-corrected chi connectivity index (χ3v) is 4.57. The predicted octanol–water partition coefficient (Wildman–Crippen LogP) is 4.66. The Balaban J connectivity index is 2.87. The molecule has 0 unspecified atom stereocenters. The lowest BCUT2D eigenvalue weighted by atomic mass is 10.2. The van der Waals surface area contributed by atoms with Crippen LogP contribution in [-0.4, -0.2) is 22.3 Å². The summed E-state index contributed by atoms with van der Waals surface area (Å²) in [4.78, 5) is 9.32. The van der Waals surface area contributed by atoms with Crippen molar-refractivity contribution in [2.45, 2.75) is 52.2 Å². The first kappa shape index (κ1) is 16.8. The van der Waals surface area contributed by atoms with E-state index in [0.717, 1.165) is 53.4 Å². The second-order valence-corrected chi connectivity index (χ2v) is 6.38. The fraction of sp³-hybridized carbons (Fsp3) is 0.714. The van der Waals surface area contributed by atoms with Crippen molar-refractivity contribution in [2.24, 2.45) is 0 Å². The van der Waals surface area contributed by atoms with E-state index in [4.69, 9.17) is 0 Å². The Morgan fingerprint density at radius 1 is 1.11 bits per heavy atom. The topological polar surface area (TPSA) is 37.8 Å². The number of aryl methyl sites for hydroxylation is 1. The molecule has 0 amide bonds. The van der Waals surface area contributed by atoms with Gasteiger partial charge in [0, 0.05) is 6.54 Å². The van der Waals surface area contributed by atoms with Gasteiger partial charge >= 0.3 is 0 Å².